The van der Waals surface area contributed by atoms with Crippen molar-refractivity contribution in [3.8, 4) is 0 Å². The summed E-state index contributed by atoms with van der Waals surface area (Å²) in [7, 11) is 1.46. The number of hydrogen-bond acceptors (Lipinski definition) is 3. The summed E-state index contributed by atoms with van der Waals surface area (Å²) in [5, 5.41) is 0. The van der Waals surface area contributed by atoms with E-state index in [-0.39, 0.29) is 12.5 Å². The number of alkyl halides is 3. The van der Waals surface area contributed by atoms with Crippen molar-refractivity contribution in [2.45, 2.75) is 31.7 Å². The minimum atomic E-state index is -4.36. The Labute approximate surface area is 133 Å². The van der Waals surface area contributed by atoms with Gasteiger partial charge in [0.25, 0.3) is 5.91 Å². The van der Waals surface area contributed by atoms with Crippen LogP contribution in [0.1, 0.15) is 31.1 Å². The molecule has 0 aliphatic carbocycles. The molecule has 0 N–H and O–H groups in total. The van der Waals surface area contributed by atoms with Crippen LogP contribution in [0.5, 0.6) is 0 Å². The van der Waals surface area contributed by atoms with E-state index in [1.165, 1.54) is 19.2 Å². The zero-order valence-electron chi connectivity index (χ0n) is 13.3. The van der Waals surface area contributed by atoms with Crippen LogP contribution in [0.3, 0.4) is 0 Å². The van der Waals surface area contributed by atoms with Gasteiger partial charge in [-0.1, -0.05) is 12.1 Å². The molecule has 0 radical (unpaired) electrons. The number of halogens is 3. The number of carbonyl (C=O) groups is 1. The summed E-state index contributed by atoms with van der Waals surface area (Å²) in [6, 6.07) is 4.84. The third kappa shape index (κ3) is 4.03. The predicted octanol–water partition coefficient (Wildman–Crippen LogP) is 3.03. The number of benzene rings is 1. The fourth-order valence-corrected chi connectivity index (χ4v) is 2.39. The van der Waals surface area contributed by atoms with Gasteiger partial charge in [-0.2, -0.15) is 13.2 Å². The Hall–Kier alpha value is -1.60. The first-order chi connectivity index (χ1) is 10.6. The standard InChI is InChI=1S/C16H20F3NO3/c1-15(2,22-3)14(21)20-8-9-23-13(10-20)11-4-6-12(7-5-11)16(17,18)19/h4-7,13H,8-10H2,1-3H3/t13-/m0/s1. The monoisotopic (exact) mass is 331 g/mol. The van der Waals surface area contributed by atoms with Gasteiger partial charge in [0.05, 0.1) is 18.7 Å². The molecule has 128 valence electrons. The predicted molar refractivity (Wildman–Crippen MR) is 77.8 cm³/mol. The number of nitrogens with zero attached hydrogens (tertiary/aromatic N) is 1. The topological polar surface area (TPSA) is 38.8 Å². The molecule has 1 saturated heterocycles. The van der Waals surface area contributed by atoms with Crippen molar-refractivity contribution in [3.63, 3.8) is 0 Å². The first-order valence-electron chi connectivity index (χ1n) is 7.28. The highest BCUT2D eigenvalue weighted by Crippen LogP contribution is 2.31. The van der Waals surface area contributed by atoms with E-state index >= 15 is 0 Å². The van der Waals surface area contributed by atoms with Gasteiger partial charge in [-0.05, 0) is 31.5 Å². The van der Waals surface area contributed by atoms with Crippen molar-refractivity contribution in [2.75, 3.05) is 26.8 Å². The first kappa shape index (κ1) is 17.7. The maximum absolute atomic E-state index is 12.6. The molecule has 1 aromatic rings. The van der Waals surface area contributed by atoms with E-state index in [1.807, 2.05) is 0 Å². The molecule has 1 heterocycles. The summed E-state index contributed by atoms with van der Waals surface area (Å²) in [6.07, 6.45) is -4.81. The van der Waals surface area contributed by atoms with Crippen LogP contribution < -0.4 is 0 Å². The van der Waals surface area contributed by atoms with Gasteiger partial charge < -0.3 is 14.4 Å². The number of morpholine rings is 1. The highest BCUT2D eigenvalue weighted by Gasteiger charge is 2.35. The van der Waals surface area contributed by atoms with E-state index in [2.05, 4.69) is 0 Å². The lowest BCUT2D eigenvalue weighted by atomic mass is 10.0. The van der Waals surface area contributed by atoms with Crippen LogP contribution in [0.15, 0.2) is 24.3 Å². The number of amides is 1. The summed E-state index contributed by atoms with van der Waals surface area (Å²) in [6.45, 7) is 4.41. The molecule has 0 saturated carbocycles. The fraction of sp³-hybridized carbons (Fsp3) is 0.562. The van der Waals surface area contributed by atoms with Crippen molar-refractivity contribution < 1.29 is 27.4 Å². The van der Waals surface area contributed by atoms with Crippen LogP contribution in [-0.2, 0) is 20.4 Å². The number of ether oxygens (including phenoxy) is 2. The second kappa shape index (κ2) is 6.49. The van der Waals surface area contributed by atoms with E-state index in [1.54, 1.807) is 18.7 Å². The second-order valence-electron chi connectivity index (χ2n) is 5.94. The van der Waals surface area contributed by atoms with Crippen molar-refractivity contribution in [1.82, 2.24) is 4.90 Å². The molecule has 7 heteroatoms. The number of hydrogen-bond donors (Lipinski definition) is 0. The molecule has 1 amide bonds. The summed E-state index contributed by atoms with van der Waals surface area (Å²) < 4.78 is 48.6. The molecule has 1 aliphatic heterocycles. The van der Waals surface area contributed by atoms with Crippen LogP contribution in [0.25, 0.3) is 0 Å². The number of rotatable bonds is 3. The van der Waals surface area contributed by atoms with Crippen LogP contribution in [0.4, 0.5) is 13.2 Å². The molecule has 1 atom stereocenters. The largest absolute Gasteiger partial charge is 0.416 e. The number of methoxy groups -OCH3 is 1. The highest BCUT2D eigenvalue weighted by molar-refractivity contribution is 5.84. The van der Waals surface area contributed by atoms with Gasteiger partial charge in [0, 0.05) is 13.7 Å². The van der Waals surface area contributed by atoms with Gasteiger partial charge in [-0.15, -0.1) is 0 Å². The minimum absolute atomic E-state index is 0.166. The Morgan fingerprint density at radius 1 is 1.26 bits per heavy atom. The summed E-state index contributed by atoms with van der Waals surface area (Å²) in [4.78, 5) is 14.0. The van der Waals surface area contributed by atoms with Gasteiger partial charge in [-0.3, -0.25) is 4.79 Å². The molecule has 2 rings (SSSR count). The van der Waals surface area contributed by atoms with E-state index in [0.29, 0.717) is 18.7 Å². The number of carbonyl (C=O) groups excluding carboxylic acids is 1. The minimum Gasteiger partial charge on any atom is -0.370 e. The quantitative estimate of drug-likeness (QED) is 0.855. The molecule has 0 bridgehead atoms. The summed E-state index contributed by atoms with van der Waals surface area (Å²) >= 11 is 0. The Morgan fingerprint density at radius 3 is 2.39 bits per heavy atom. The Morgan fingerprint density at radius 2 is 1.87 bits per heavy atom. The smallest absolute Gasteiger partial charge is 0.370 e. The highest BCUT2D eigenvalue weighted by atomic mass is 19.4. The molecular weight excluding hydrogens is 311 g/mol. The Bertz CT molecular complexity index is 555. The third-order valence-corrected chi connectivity index (χ3v) is 3.99. The van der Waals surface area contributed by atoms with E-state index in [4.69, 9.17) is 9.47 Å². The normalized spacial score (nSPS) is 19.7. The van der Waals surface area contributed by atoms with Crippen molar-refractivity contribution in [1.29, 1.82) is 0 Å². The molecular formula is C16H20F3NO3. The first-order valence-corrected chi connectivity index (χ1v) is 7.28. The van der Waals surface area contributed by atoms with Crippen LogP contribution in [0, 0.1) is 0 Å². The van der Waals surface area contributed by atoms with Gasteiger partial charge in [0.1, 0.15) is 11.7 Å². The third-order valence-electron chi connectivity index (χ3n) is 3.99. The van der Waals surface area contributed by atoms with Crippen molar-refractivity contribution in [2.24, 2.45) is 0 Å². The van der Waals surface area contributed by atoms with Gasteiger partial charge in [0.2, 0.25) is 0 Å². The lowest BCUT2D eigenvalue weighted by Crippen LogP contribution is -2.51. The van der Waals surface area contributed by atoms with Crippen LogP contribution in [-0.4, -0.2) is 43.2 Å². The molecule has 0 spiro atoms. The molecule has 0 aromatic heterocycles. The average molecular weight is 331 g/mol. The summed E-state index contributed by atoms with van der Waals surface area (Å²) in [5.74, 6) is -0.166. The maximum atomic E-state index is 12.6. The molecule has 1 fully saturated rings. The molecule has 23 heavy (non-hydrogen) atoms. The van der Waals surface area contributed by atoms with Gasteiger partial charge in [-0.25, -0.2) is 0 Å². The van der Waals surface area contributed by atoms with E-state index in [0.717, 1.165) is 12.1 Å². The van der Waals surface area contributed by atoms with Crippen molar-refractivity contribution in [3.05, 3.63) is 35.4 Å². The van der Waals surface area contributed by atoms with Crippen LogP contribution >= 0.6 is 0 Å². The Balaban J connectivity index is 2.11. The molecule has 1 aromatic carbocycles. The molecule has 4 nitrogen and oxygen atoms in total. The molecule has 1 aliphatic rings. The lowest BCUT2D eigenvalue weighted by molar-refractivity contribution is -0.158. The van der Waals surface area contributed by atoms with E-state index in [9.17, 15) is 18.0 Å². The summed E-state index contributed by atoms with van der Waals surface area (Å²) in [5.41, 5.74) is -1.03. The SMILES string of the molecule is COC(C)(C)C(=O)N1CCO[C@H](c2ccc(C(F)(F)F)cc2)C1. The lowest BCUT2D eigenvalue weighted by Gasteiger charge is -2.37. The van der Waals surface area contributed by atoms with Gasteiger partial charge in [0.15, 0.2) is 0 Å². The zero-order chi connectivity index (χ0) is 17.3. The second-order valence-corrected chi connectivity index (χ2v) is 5.94. The maximum Gasteiger partial charge on any atom is 0.416 e. The molecule has 0 unspecified atom stereocenters. The van der Waals surface area contributed by atoms with Crippen LogP contribution in [0.2, 0.25) is 0 Å². The average Bonchev–Trinajstić information content (AvgIpc) is 2.53. The fourth-order valence-electron chi connectivity index (χ4n) is 2.39. The van der Waals surface area contributed by atoms with Gasteiger partial charge >= 0.3 is 6.18 Å². The van der Waals surface area contributed by atoms with Crippen molar-refractivity contribution >= 4 is 5.91 Å². The zero-order valence-corrected chi connectivity index (χ0v) is 13.3. The Kier molecular flexibility index (Phi) is 5.01. The van der Waals surface area contributed by atoms with E-state index < -0.39 is 23.4 Å².